The van der Waals surface area contributed by atoms with E-state index < -0.39 is 4.92 Å². The van der Waals surface area contributed by atoms with Crippen LogP contribution in [0.4, 0.5) is 11.4 Å². The number of aromatic nitrogens is 1. The van der Waals surface area contributed by atoms with Gasteiger partial charge in [0.05, 0.1) is 4.92 Å². The zero-order chi connectivity index (χ0) is 12.4. The molecule has 0 radical (unpaired) electrons. The first-order valence-electron chi connectivity index (χ1n) is 5.08. The SMILES string of the molecule is O=C1CC(CBr)CN1c1ccncc1[N+](=O)[O-]. The standard InChI is InChI=1S/C10H10BrN3O3/c11-4-7-3-10(15)13(6-7)8-1-2-12-5-9(8)14(16)17/h1-2,5,7H,3-4,6H2. The molecule has 1 aromatic rings. The predicted octanol–water partition coefficient (Wildman–Crippen LogP) is 1.74. The highest BCUT2D eigenvalue weighted by atomic mass is 79.9. The van der Waals surface area contributed by atoms with E-state index in [0.29, 0.717) is 24.0 Å². The molecular formula is C10H10BrN3O3. The molecule has 7 heteroatoms. The van der Waals surface area contributed by atoms with Crippen molar-refractivity contribution in [3.05, 3.63) is 28.6 Å². The lowest BCUT2D eigenvalue weighted by Crippen LogP contribution is -2.25. The zero-order valence-electron chi connectivity index (χ0n) is 8.88. The molecular weight excluding hydrogens is 290 g/mol. The number of carbonyl (C=O) groups excluding carboxylic acids is 1. The molecule has 1 saturated heterocycles. The molecule has 0 aromatic carbocycles. The Kier molecular flexibility index (Phi) is 3.37. The van der Waals surface area contributed by atoms with E-state index in [-0.39, 0.29) is 17.5 Å². The van der Waals surface area contributed by atoms with Crippen LogP contribution in [0.5, 0.6) is 0 Å². The number of anilines is 1. The number of rotatable bonds is 3. The summed E-state index contributed by atoms with van der Waals surface area (Å²) in [6.07, 6.45) is 3.05. The summed E-state index contributed by atoms with van der Waals surface area (Å²) in [4.78, 5) is 27.3. The van der Waals surface area contributed by atoms with Crippen LogP contribution < -0.4 is 4.90 Å². The van der Waals surface area contributed by atoms with Gasteiger partial charge in [-0.1, -0.05) is 15.9 Å². The number of halogens is 1. The van der Waals surface area contributed by atoms with Gasteiger partial charge in [-0.05, 0) is 12.0 Å². The van der Waals surface area contributed by atoms with Crippen LogP contribution in [0.15, 0.2) is 18.5 Å². The van der Waals surface area contributed by atoms with Crippen molar-refractivity contribution < 1.29 is 9.72 Å². The van der Waals surface area contributed by atoms with E-state index in [2.05, 4.69) is 20.9 Å². The fraction of sp³-hybridized carbons (Fsp3) is 0.400. The summed E-state index contributed by atoms with van der Waals surface area (Å²) in [6.45, 7) is 0.509. The number of hydrogen-bond donors (Lipinski definition) is 0. The topological polar surface area (TPSA) is 76.3 Å². The Balaban J connectivity index is 2.35. The summed E-state index contributed by atoms with van der Waals surface area (Å²) >= 11 is 3.33. The number of carbonyl (C=O) groups is 1. The van der Waals surface area contributed by atoms with Gasteiger partial charge in [-0.3, -0.25) is 19.9 Å². The van der Waals surface area contributed by atoms with Crippen molar-refractivity contribution in [1.29, 1.82) is 0 Å². The Hall–Kier alpha value is -1.50. The molecule has 90 valence electrons. The lowest BCUT2D eigenvalue weighted by molar-refractivity contribution is -0.384. The maximum atomic E-state index is 11.8. The Morgan fingerprint density at radius 2 is 2.41 bits per heavy atom. The third kappa shape index (κ3) is 2.28. The quantitative estimate of drug-likeness (QED) is 0.484. The van der Waals surface area contributed by atoms with E-state index in [9.17, 15) is 14.9 Å². The molecule has 0 bridgehead atoms. The van der Waals surface area contributed by atoms with Crippen LogP contribution in [-0.2, 0) is 4.79 Å². The van der Waals surface area contributed by atoms with Crippen molar-refractivity contribution >= 4 is 33.2 Å². The van der Waals surface area contributed by atoms with Gasteiger partial charge >= 0.3 is 5.69 Å². The third-order valence-electron chi connectivity index (χ3n) is 2.69. The summed E-state index contributed by atoms with van der Waals surface area (Å²) < 4.78 is 0. The summed E-state index contributed by atoms with van der Waals surface area (Å²) in [6, 6.07) is 1.51. The minimum Gasteiger partial charge on any atom is -0.306 e. The largest absolute Gasteiger partial charge is 0.311 e. The van der Waals surface area contributed by atoms with E-state index in [1.54, 1.807) is 0 Å². The molecule has 0 aliphatic carbocycles. The van der Waals surface area contributed by atoms with Gasteiger partial charge in [-0.2, -0.15) is 0 Å². The first kappa shape index (κ1) is 12.0. The zero-order valence-corrected chi connectivity index (χ0v) is 10.5. The number of alkyl halides is 1. The molecule has 1 aromatic heterocycles. The maximum Gasteiger partial charge on any atom is 0.311 e. The Bertz CT molecular complexity index is 466. The first-order chi connectivity index (χ1) is 8.13. The molecule has 6 nitrogen and oxygen atoms in total. The van der Waals surface area contributed by atoms with Crippen LogP contribution >= 0.6 is 15.9 Å². The average molecular weight is 300 g/mol. The van der Waals surface area contributed by atoms with E-state index in [4.69, 9.17) is 0 Å². The summed E-state index contributed by atoms with van der Waals surface area (Å²) in [5.74, 6) is 0.124. The molecule has 1 atom stereocenters. The first-order valence-corrected chi connectivity index (χ1v) is 6.20. The smallest absolute Gasteiger partial charge is 0.306 e. The number of nitrogens with zero attached hydrogens (tertiary/aromatic N) is 3. The van der Waals surface area contributed by atoms with Gasteiger partial charge in [0.2, 0.25) is 5.91 Å². The minimum atomic E-state index is -0.517. The van der Waals surface area contributed by atoms with Crippen LogP contribution in [0, 0.1) is 16.0 Å². The van der Waals surface area contributed by atoms with Crippen LogP contribution in [0.25, 0.3) is 0 Å². The van der Waals surface area contributed by atoms with Gasteiger partial charge in [-0.25, -0.2) is 0 Å². The average Bonchev–Trinajstić information content (AvgIpc) is 2.70. The molecule has 0 N–H and O–H groups in total. The van der Waals surface area contributed by atoms with Crippen LogP contribution in [-0.4, -0.2) is 27.7 Å². The number of nitro groups is 1. The molecule has 2 heterocycles. The molecule has 1 aliphatic heterocycles. The van der Waals surface area contributed by atoms with Crippen molar-refractivity contribution in [2.24, 2.45) is 5.92 Å². The number of hydrogen-bond acceptors (Lipinski definition) is 4. The van der Waals surface area contributed by atoms with Gasteiger partial charge in [0, 0.05) is 24.5 Å². The monoisotopic (exact) mass is 299 g/mol. The second-order valence-electron chi connectivity index (χ2n) is 3.85. The van der Waals surface area contributed by atoms with Crippen molar-refractivity contribution in [3.63, 3.8) is 0 Å². The van der Waals surface area contributed by atoms with E-state index in [0.717, 1.165) is 0 Å². The van der Waals surface area contributed by atoms with Gasteiger partial charge in [0.25, 0.3) is 0 Å². The molecule has 1 unspecified atom stereocenters. The van der Waals surface area contributed by atoms with E-state index in [1.807, 2.05) is 0 Å². The van der Waals surface area contributed by atoms with Crippen molar-refractivity contribution in [1.82, 2.24) is 4.98 Å². The third-order valence-corrected chi connectivity index (χ3v) is 3.60. The van der Waals surface area contributed by atoms with Crippen molar-refractivity contribution in [2.75, 3.05) is 16.8 Å². The maximum absolute atomic E-state index is 11.8. The summed E-state index contributed by atoms with van der Waals surface area (Å²) in [5, 5.41) is 11.6. The summed E-state index contributed by atoms with van der Waals surface area (Å²) in [7, 11) is 0. The van der Waals surface area contributed by atoms with Crippen molar-refractivity contribution in [2.45, 2.75) is 6.42 Å². The highest BCUT2D eigenvalue weighted by Crippen LogP contribution is 2.32. The Morgan fingerprint density at radius 1 is 1.65 bits per heavy atom. The molecule has 2 rings (SSSR count). The molecule has 1 aliphatic rings. The Labute approximate surface area is 106 Å². The van der Waals surface area contributed by atoms with E-state index >= 15 is 0 Å². The lowest BCUT2D eigenvalue weighted by atomic mass is 10.2. The van der Waals surface area contributed by atoms with Gasteiger partial charge in [-0.15, -0.1) is 0 Å². The second-order valence-corrected chi connectivity index (χ2v) is 4.50. The molecule has 0 spiro atoms. The van der Waals surface area contributed by atoms with Crippen molar-refractivity contribution in [3.8, 4) is 0 Å². The fourth-order valence-corrected chi connectivity index (χ4v) is 2.30. The lowest BCUT2D eigenvalue weighted by Gasteiger charge is -2.15. The number of amides is 1. The second kappa shape index (κ2) is 4.79. The van der Waals surface area contributed by atoms with Crippen LogP contribution in [0.3, 0.4) is 0 Å². The van der Waals surface area contributed by atoms with Gasteiger partial charge < -0.3 is 4.90 Å². The predicted molar refractivity (Wildman–Crippen MR) is 65.1 cm³/mol. The number of pyridine rings is 1. The highest BCUT2D eigenvalue weighted by Gasteiger charge is 2.33. The molecule has 1 amide bonds. The normalized spacial score (nSPS) is 19.7. The molecule has 1 fully saturated rings. The highest BCUT2D eigenvalue weighted by molar-refractivity contribution is 9.09. The molecule has 0 saturated carbocycles. The Morgan fingerprint density at radius 3 is 3.00 bits per heavy atom. The van der Waals surface area contributed by atoms with Crippen LogP contribution in [0.1, 0.15) is 6.42 Å². The fourth-order valence-electron chi connectivity index (χ4n) is 1.87. The van der Waals surface area contributed by atoms with E-state index in [1.165, 1.54) is 23.4 Å². The van der Waals surface area contributed by atoms with Crippen LogP contribution in [0.2, 0.25) is 0 Å². The minimum absolute atomic E-state index is 0.0799. The summed E-state index contributed by atoms with van der Waals surface area (Å²) in [5.41, 5.74) is 0.203. The van der Waals surface area contributed by atoms with Gasteiger partial charge in [0.15, 0.2) is 0 Å². The molecule has 17 heavy (non-hydrogen) atoms. The van der Waals surface area contributed by atoms with Gasteiger partial charge in [0.1, 0.15) is 11.9 Å².